The number of hydrogen-bond acceptors (Lipinski definition) is 2. The third kappa shape index (κ3) is 5.65. The molecule has 0 aromatic carbocycles. The highest BCUT2D eigenvalue weighted by Gasteiger charge is 2.69. The van der Waals surface area contributed by atoms with Gasteiger partial charge in [0.05, 0.1) is 6.10 Å². The summed E-state index contributed by atoms with van der Waals surface area (Å²) in [4.78, 5) is 0. The molecule has 0 bridgehead atoms. The number of aliphatic hydroxyl groups excluding tert-OH is 1. The van der Waals surface area contributed by atoms with Crippen LogP contribution in [0.1, 0.15) is 78.6 Å². The molecule has 3 unspecified atom stereocenters. The van der Waals surface area contributed by atoms with Crippen molar-refractivity contribution in [1.29, 1.82) is 0 Å². The molecule has 37 heavy (non-hydrogen) atoms. The normalized spacial score (nSPS) is 32.0. The van der Waals surface area contributed by atoms with E-state index < -0.39 is 29.5 Å². The zero-order valence-corrected chi connectivity index (χ0v) is 21.8. The molecule has 0 aliphatic heterocycles. The molecule has 208 valence electrons. The molecule has 0 saturated heterocycles. The Labute approximate surface area is 215 Å². The van der Waals surface area contributed by atoms with Crippen LogP contribution in [0.4, 0.5) is 26.3 Å². The Bertz CT molecular complexity index is 979. The first-order valence-corrected chi connectivity index (χ1v) is 13.0. The van der Waals surface area contributed by atoms with Gasteiger partial charge >= 0.3 is 12.4 Å². The van der Waals surface area contributed by atoms with Crippen LogP contribution in [0.2, 0.25) is 0 Å². The molecule has 0 radical (unpaired) electrons. The van der Waals surface area contributed by atoms with Crippen LogP contribution >= 0.6 is 0 Å². The lowest BCUT2D eigenvalue weighted by Crippen LogP contribution is -2.55. The fourth-order valence-corrected chi connectivity index (χ4v) is 6.31. The Morgan fingerprint density at radius 2 is 1.65 bits per heavy atom. The maximum atomic E-state index is 13.1. The molecule has 0 aromatic heterocycles. The van der Waals surface area contributed by atoms with Gasteiger partial charge in [-0.3, -0.25) is 0 Å². The molecule has 0 aromatic rings. The summed E-state index contributed by atoms with van der Waals surface area (Å²) < 4.78 is 78.6. The zero-order chi connectivity index (χ0) is 27.9. The Morgan fingerprint density at radius 1 is 1.03 bits per heavy atom. The van der Waals surface area contributed by atoms with Gasteiger partial charge < -0.3 is 10.2 Å². The molecule has 0 amide bonds. The molecule has 3 rings (SSSR count). The fraction of sp³-hybridized carbons (Fsp3) is 0.655. The van der Waals surface area contributed by atoms with Gasteiger partial charge in [-0.2, -0.15) is 26.3 Å². The van der Waals surface area contributed by atoms with Crippen molar-refractivity contribution < 1.29 is 36.6 Å². The second-order valence-electron chi connectivity index (χ2n) is 11.2. The van der Waals surface area contributed by atoms with Gasteiger partial charge in [0.1, 0.15) is 0 Å². The average molecular weight is 533 g/mol. The van der Waals surface area contributed by atoms with E-state index in [1.54, 1.807) is 0 Å². The van der Waals surface area contributed by atoms with Crippen LogP contribution in [0.15, 0.2) is 59.3 Å². The van der Waals surface area contributed by atoms with Crippen LogP contribution in [-0.4, -0.2) is 34.3 Å². The van der Waals surface area contributed by atoms with E-state index in [0.29, 0.717) is 19.3 Å². The van der Waals surface area contributed by atoms with Gasteiger partial charge in [-0.1, -0.05) is 55.9 Å². The first-order valence-electron chi connectivity index (χ1n) is 13.0. The molecular formula is C29H38F6O2. The highest BCUT2D eigenvalue weighted by molar-refractivity contribution is 5.39. The van der Waals surface area contributed by atoms with E-state index in [1.807, 2.05) is 19.1 Å². The number of alkyl halides is 6. The molecule has 3 aliphatic carbocycles. The number of halogens is 6. The van der Waals surface area contributed by atoms with Gasteiger partial charge in [-0.25, -0.2) is 0 Å². The van der Waals surface area contributed by atoms with Crippen molar-refractivity contribution in [2.45, 2.75) is 103 Å². The van der Waals surface area contributed by atoms with Crippen LogP contribution in [0.5, 0.6) is 0 Å². The van der Waals surface area contributed by atoms with E-state index in [1.165, 1.54) is 5.57 Å². The van der Waals surface area contributed by atoms with Crippen molar-refractivity contribution in [3.05, 3.63) is 59.3 Å². The van der Waals surface area contributed by atoms with E-state index >= 15 is 0 Å². The van der Waals surface area contributed by atoms with Gasteiger partial charge in [0.25, 0.3) is 5.60 Å². The summed E-state index contributed by atoms with van der Waals surface area (Å²) in [6.07, 6.45) is 1.16. The van der Waals surface area contributed by atoms with Crippen molar-refractivity contribution in [2.75, 3.05) is 0 Å². The minimum Gasteiger partial charge on any atom is -0.388 e. The molecular weight excluding hydrogens is 494 g/mol. The standard InChI is InChI=1S/C29H38F6O2/c1-5-24(26(17-18-26)15-8-16-27(37,28(30,31)32)29(33,34)35)25(4)14-7-10-22(20(25)3)13-12-21-9-6-11-23(36)19(21)2/h5,8,12-13,16,20,23,36-37H,2,6-7,9-11,14-15,17-18H2,1,3-4H3/b16-8+,21-12-,22-13+,24-5+. The topological polar surface area (TPSA) is 40.5 Å². The van der Waals surface area contributed by atoms with Gasteiger partial charge in [0.2, 0.25) is 0 Å². The summed E-state index contributed by atoms with van der Waals surface area (Å²) >= 11 is 0. The molecule has 3 fully saturated rings. The van der Waals surface area contributed by atoms with Crippen LogP contribution in [0, 0.1) is 16.7 Å². The lowest BCUT2D eigenvalue weighted by Gasteiger charge is -2.46. The molecule has 3 aliphatic rings. The summed E-state index contributed by atoms with van der Waals surface area (Å²) in [6, 6.07) is 0. The van der Waals surface area contributed by atoms with Gasteiger partial charge in [0, 0.05) is 0 Å². The van der Waals surface area contributed by atoms with E-state index in [0.717, 1.165) is 54.9 Å². The Kier molecular flexibility index (Phi) is 8.36. The highest BCUT2D eigenvalue weighted by atomic mass is 19.4. The number of allylic oxidation sites excluding steroid dienone is 6. The molecule has 0 spiro atoms. The Morgan fingerprint density at radius 3 is 2.19 bits per heavy atom. The first kappa shape index (κ1) is 29.8. The molecule has 2 nitrogen and oxygen atoms in total. The van der Waals surface area contributed by atoms with Crippen molar-refractivity contribution in [3.63, 3.8) is 0 Å². The predicted molar refractivity (Wildman–Crippen MR) is 133 cm³/mol. The molecule has 8 heteroatoms. The zero-order valence-electron chi connectivity index (χ0n) is 21.8. The van der Waals surface area contributed by atoms with E-state index in [2.05, 4.69) is 26.5 Å². The number of aliphatic hydroxyl groups is 2. The fourth-order valence-electron chi connectivity index (χ4n) is 6.31. The van der Waals surface area contributed by atoms with Crippen molar-refractivity contribution in [2.24, 2.45) is 16.7 Å². The SMILES string of the molecule is C=C1/C(=C\C=C2/CCCC(C)(/C(=C\C)C3(C/C=C/C(O)(C(F)(F)F)C(F)(F)F)CC3)C2C)CCCC1O. The van der Waals surface area contributed by atoms with Gasteiger partial charge in [0.15, 0.2) is 0 Å². The van der Waals surface area contributed by atoms with E-state index in [9.17, 15) is 36.6 Å². The smallest absolute Gasteiger partial charge is 0.388 e. The molecule has 3 saturated carbocycles. The summed E-state index contributed by atoms with van der Waals surface area (Å²) in [5, 5.41) is 19.6. The Hall–Kier alpha value is -1.80. The van der Waals surface area contributed by atoms with E-state index in [4.69, 9.17) is 0 Å². The minimum absolute atomic E-state index is 0.00423. The summed E-state index contributed by atoms with van der Waals surface area (Å²) in [7, 11) is 0. The molecule has 3 atom stereocenters. The van der Waals surface area contributed by atoms with Gasteiger partial charge in [-0.05, 0) is 98.7 Å². The summed E-state index contributed by atoms with van der Waals surface area (Å²) in [5.74, 6) is 0.120. The van der Waals surface area contributed by atoms with Crippen LogP contribution in [0.3, 0.4) is 0 Å². The van der Waals surface area contributed by atoms with Gasteiger partial charge in [-0.15, -0.1) is 0 Å². The largest absolute Gasteiger partial charge is 0.429 e. The first-order chi connectivity index (χ1) is 17.0. The molecule has 0 heterocycles. The van der Waals surface area contributed by atoms with Crippen LogP contribution < -0.4 is 0 Å². The predicted octanol–water partition coefficient (Wildman–Crippen LogP) is 8.30. The third-order valence-electron chi connectivity index (χ3n) is 8.97. The summed E-state index contributed by atoms with van der Waals surface area (Å²) in [6.45, 7) is 10.2. The second-order valence-corrected chi connectivity index (χ2v) is 11.2. The second kappa shape index (κ2) is 10.4. The lowest BCUT2D eigenvalue weighted by molar-refractivity contribution is -0.347. The van der Waals surface area contributed by atoms with E-state index in [-0.39, 0.29) is 23.8 Å². The van der Waals surface area contributed by atoms with Crippen molar-refractivity contribution in [3.8, 4) is 0 Å². The minimum atomic E-state index is -5.86. The quantitative estimate of drug-likeness (QED) is 0.267. The maximum Gasteiger partial charge on any atom is 0.429 e. The lowest BCUT2D eigenvalue weighted by atomic mass is 9.58. The van der Waals surface area contributed by atoms with Crippen molar-refractivity contribution >= 4 is 0 Å². The van der Waals surface area contributed by atoms with Crippen LogP contribution in [-0.2, 0) is 0 Å². The molecule has 2 N–H and O–H groups in total. The third-order valence-corrected chi connectivity index (χ3v) is 8.97. The number of rotatable bonds is 6. The monoisotopic (exact) mass is 532 g/mol. The highest BCUT2D eigenvalue weighted by Crippen LogP contribution is 2.64. The number of hydrogen-bond donors (Lipinski definition) is 2. The van der Waals surface area contributed by atoms with Crippen molar-refractivity contribution in [1.82, 2.24) is 0 Å². The average Bonchev–Trinajstić information content (AvgIpc) is 3.56. The van der Waals surface area contributed by atoms with Crippen LogP contribution in [0.25, 0.3) is 0 Å². The summed E-state index contributed by atoms with van der Waals surface area (Å²) in [5.41, 5.74) is -1.57. The maximum absolute atomic E-state index is 13.1. The Balaban J connectivity index is 1.84.